The van der Waals surface area contributed by atoms with Crippen molar-refractivity contribution in [1.29, 1.82) is 0 Å². The van der Waals surface area contributed by atoms with Crippen LogP contribution in [0.4, 0.5) is 0 Å². The van der Waals surface area contributed by atoms with E-state index in [1.807, 2.05) is 13.1 Å². The van der Waals surface area contributed by atoms with Crippen LogP contribution in [-0.4, -0.2) is 17.0 Å². The van der Waals surface area contributed by atoms with Crippen LogP contribution in [0, 0.1) is 0 Å². The Kier molecular flexibility index (Phi) is 4.22. The van der Waals surface area contributed by atoms with Crippen LogP contribution in [-0.2, 0) is 6.42 Å². The average Bonchev–Trinajstić information content (AvgIpc) is 2.56. The van der Waals surface area contributed by atoms with Crippen molar-refractivity contribution in [3.8, 4) is 0 Å². The third-order valence-electron chi connectivity index (χ3n) is 3.81. The van der Waals surface area contributed by atoms with Gasteiger partial charge >= 0.3 is 0 Å². The van der Waals surface area contributed by atoms with Crippen LogP contribution < -0.4 is 5.32 Å². The van der Waals surface area contributed by atoms with Crippen LogP contribution >= 0.6 is 0 Å². The first kappa shape index (κ1) is 13.7. The zero-order valence-electron chi connectivity index (χ0n) is 12.2. The molecule has 0 saturated carbocycles. The molecule has 1 unspecified atom stereocenters. The van der Waals surface area contributed by atoms with E-state index in [2.05, 4.69) is 57.7 Å². The number of rotatable bonds is 5. The normalized spacial score (nSPS) is 12.4. The average molecular weight is 277 g/mol. The van der Waals surface area contributed by atoms with Crippen LogP contribution in [0.25, 0.3) is 11.0 Å². The molecule has 3 nitrogen and oxygen atoms in total. The summed E-state index contributed by atoms with van der Waals surface area (Å²) < 4.78 is 0. The molecule has 0 fully saturated rings. The van der Waals surface area contributed by atoms with Crippen molar-refractivity contribution in [3.63, 3.8) is 0 Å². The standard InChI is InChI=1S/C18H19N3/c1-19-16(9-7-14-5-3-2-4-6-14)15-8-10-17-18(13-15)21-12-11-20-17/h2-6,8,10-13,16,19H,7,9H2,1H3. The van der Waals surface area contributed by atoms with E-state index < -0.39 is 0 Å². The van der Waals surface area contributed by atoms with Crippen molar-refractivity contribution in [2.24, 2.45) is 0 Å². The first-order valence-electron chi connectivity index (χ1n) is 7.28. The largest absolute Gasteiger partial charge is 0.313 e. The highest BCUT2D eigenvalue weighted by molar-refractivity contribution is 5.74. The second kappa shape index (κ2) is 6.46. The highest BCUT2D eigenvalue weighted by atomic mass is 14.9. The molecule has 0 amide bonds. The number of hydrogen-bond donors (Lipinski definition) is 1. The van der Waals surface area contributed by atoms with Gasteiger partial charge in [0.2, 0.25) is 0 Å². The molecule has 2 aromatic carbocycles. The third kappa shape index (κ3) is 3.26. The summed E-state index contributed by atoms with van der Waals surface area (Å²) in [7, 11) is 2.01. The van der Waals surface area contributed by atoms with Crippen molar-refractivity contribution in [2.45, 2.75) is 18.9 Å². The van der Waals surface area contributed by atoms with Crippen LogP contribution in [0.15, 0.2) is 60.9 Å². The minimum absolute atomic E-state index is 0.330. The Morgan fingerprint density at radius 3 is 2.48 bits per heavy atom. The molecule has 0 aliphatic carbocycles. The molecular weight excluding hydrogens is 258 g/mol. The predicted molar refractivity (Wildman–Crippen MR) is 86.1 cm³/mol. The summed E-state index contributed by atoms with van der Waals surface area (Å²) in [5.41, 5.74) is 4.54. The Bertz CT molecular complexity index is 710. The Hall–Kier alpha value is -2.26. The molecule has 1 atom stereocenters. The van der Waals surface area contributed by atoms with Crippen molar-refractivity contribution >= 4 is 11.0 Å². The summed E-state index contributed by atoms with van der Waals surface area (Å²) in [4.78, 5) is 8.70. The smallest absolute Gasteiger partial charge is 0.0890 e. The Morgan fingerprint density at radius 1 is 0.952 bits per heavy atom. The lowest BCUT2D eigenvalue weighted by molar-refractivity contribution is 0.549. The lowest BCUT2D eigenvalue weighted by Gasteiger charge is -2.17. The van der Waals surface area contributed by atoms with Gasteiger partial charge in [0.25, 0.3) is 0 Å². The summed E-state index contributed by atoms with van der Waals surface area (Å²) in [6, 6.07) is 17.3. The van der Waals surface area contributed by atoms with Gasteiger partial charge in [-0.15, -0.1) is 0 Å². The van der Waals surface area contributed by atoms with Gasteiger partial charge in [-0.05, 0) is 43.1 Å². The maximum atomic E-state index is 4.39. The number of benzene rings is 2. The molecule has 3 heteroatoms. The summed E-state index contributed by atoms with van der Waals surface area (Å²) >= 11 is 0. The molecule has 1 aromatic heterocycles. The second-order valence-electron chi connectivity index (χ2n) is 5.17. The molecule has 1 N–H and O–H groups in total. The van der Waals surface area contributed by atoms with E-state index >= 15 is 0 Å². The Morgan fingerprint density at radius 2 is 1.71 bits per heavy atom. The zero-order valence-corrected chi connectivity index (χ0v) is 12.2. The summed E-state index contributed by atoms with van der Waals surface area (Å²) in [6.07, 6.45) is 5.59. The van der Waals surface area contributed by atoms with Crippen molar-refractivity contribution < 1.29 is 0 Å². The minimum atomic E-state index is 0.330. The minimum Gasteiger partial charge on any atom is -0.313 e. The molecule has 0 spiro atoms. The van der Waals surface area contributed by atoms with Gasteiger partial charge in [0.05, 0.1) is 11.0 Å². The number of hydrogen-bond acceptors (Lipinski definition) is 3. The van der Waals surface area contributed by atoms with Gasteiger partial charge in [-0.2, -0.15) is 0 Å². The second-order valence-corrected chi connectivity index (χ2v) is 5.17. The van der Waals surface area contributed by atoms with Crippen molar-refractivity contribution in [3.05, 3.63) is 72.1 Å². The molecule has 0 saturated heterocycles. The van der Waals surface area contributed by atoms with Gasteiger partial charge in [-0.25, -0.2) is 0 Å². The summed E-state index contributed by atoms with van der Waals surface area (Å²) in [5.74, 6) is 0. The molecule has 0 radical (unpaired) electrons. The van der Waals surface area contributed by atoms with E-state index in [-0.39, 0.29) is 0 Å². The molecule has 3 rings (SSSR count). The molecule has 21 heavy (non-hydrogen) atoms. The van der Waals surface area contributed by atoms with Gasteiger partial charge in [0.1, 0.15) is 0 Å². The van der Waals surface area contributed by atoms with E-state index in [1.165, 1.54) is 11.1 Å². The first-order valence-corrected chi connectivity index (χ1v) is 7.28. The van der Waals surface area contributed by atoms with E-state index in [9.17, 15) is 0 Å². The van der Waals surface area contributed by atoms with Gasteiger partial charge in [0.15, 0.2) is 0 Å². The zero-order chi connectivity index (χ0) is 14.5. The van der Waals surface area contributed by atoms with Gasteiger partial charge in [-0.1, -0.05) is 36.4 Å². The van der Waals surface area contributed by atoms with E-state index in [4.69, 9.17) is 0 Å². The van der Waals surface area contributed by atoms with Gasteiger partial charge in [0, 0.05) is 18.4 Å². The fraction of sp³-hybridized carbons (Fsp3) is 0.222. The fourth-order valence-corrected chi connectivity index (χ4v) is 2.63. The monoisotopic (exact) mass is 277 g/mol. The Labute approximate surface area is 125 Å². The highest BCUT2D eigenvalue weighted by Gasteiger charge is 2.10. The summed E-state index contributed by atoms with van der Waals surface area (Å²) in [5, 5.41) is 3.41. The van der Waals surface area contributed by atoms with Gasteiger partial charge in [-0.3, -0.25) is 9.97 Å². The summed E-state index contributed by atoms with van der Waals surface area (Å²) in [6.45, 7) is 0. The predicted octanol–water partition coefficient (Wildman–Crippen LogP) is 3.52. The SMILES string of the molecule is CNC(CCc1ccccc1)c1ccc2nccnc2c1. The van der Waals surface area contributed by atoms with E-state index in [0.29, 0.717) is 6.04 Å². The molecule has 106 valence electrons. The van der Waals surface area contributed by atoms with Crippen LogP contribution in [0.3, 0.4) is 0 Å². The Balaban J connectivity index is 1.78. The van der Waals surface area contributed by atoms with Crippen LogP contribution in [0.5, 0.6) is 0 Å². The molecular formula is C18H19N3. The van der Waals surface area contributed by atoms with Crippen molar-refractivity contribution in [2.75, 3.05) is 7.05 Å². The number of fused-ring (bicyclic) bond motifs is 1. The number of aromatic nitrogens is 2. The molecule has 0 bridgehead atoms. The number of nitrogens with one attached hydrogen (secondary N) is 1. The van der Waals surface area contributed by atoms with Crippen molar-refractivity contribution in [1.82, 2.24) is 15.3 Å². The van der Waals surface area contributed by atoms with Gasteiger partial charge < -0.3 is 5.32 Å². The third-order valence-corrected chi connectivity index (χ3v) is 3.81. The van der Waals surface area contributed by atoms with E-state index in [1.54, 1.807) is 12.4 Å². The van der Waals surface area contributed by atoms with Crippen LogP contribution in [0.1, 0.15) is 23.6 Å². The quantitative estimate of drug-likeness (QED) is 0.775. The topological polar surface area (TPSA) is 37.8 Å². The first-order chi connectivity index (χ1) is 10.4. The molecule has 0 aliphatic rings. The lowest BCUT2D eigenvalue weighted by Crippen LogP contribution is -2.17. The molecule has 0 aliphatic heterocycles. The number of nitrogens with zero attached hydrogens (tertiary/aromatic N) is 2. The molecule has 3 aromatic rings. The maximum absolute atomic E-state index is 4.39. The fourth-order valence-electron chi connectivity index (χ4n) is 2.63. The molecule has 1 heterocycles. The van der Waals surface area contributed by atoms with E-state index in [0.717, 1.165) is 23.9 Å². The number of aryl methyl sites for hydroxylation is 1. The van der Waals surface area contributed by atoms with Crippen LogP contribution in [0.2, 0.25) is 0 Å². The maximum Gasteiger partial charge on any atom is 0.0890 e. The lowest BCUT2D eigenvalue weighted by atomic mass is 9.98. The highest BCUT2D eigenvalue weighted by Crippen LogP contribution is 2.21.